The predicted molar refractivity (Wildman–Crippen MR) is 108 cm³/mol. The summed E-state index contributed by atoms with van der Waals surface area (Å²) in [6.07, 6.45) is -4.46. The van der Waals surface area contributed by atoms with Gasteiger partial charge in [0.25, 0.3) is 5.91 Å². The Bertz CT molecular complexity index is 1080. The van der Waals surface area contributed by atoms with Crippen LogP contribution in [0.5, 0.6) is 0 Å². The summed E-state index contributed by atoms with van der Waals surface area (Å²) in [4.78, 5) is 24.5. The summed E-state index contributed by atoms with van der Waals surface area (Å²) >= 11 is 0. The molecule has 6 nitrogen and oxygen atoms in total. The second kappa shape index (κ2) is 9.03. The second-order valence-corrected chi connectivity index (χ2v) is 6.89. The summed E-state index contributed by atoms with van der Waals surface area (Å²) < 4.78 is 44.5. The number of alkyl halides is 3. The Labute approximate surface area is 176 Å². The molecule has 0 saturated heterocycles. The van der Waals surface area contributed by atoms with Crippen molar-refractivity contribution < 1.29 is 27.5 Å². The van der Waals surface area contributed by atoms with Crippen LogP contribution in [-0.4, -0.2) is 28.3 Å². The summed E-state index contributed by atoms with van der Waals surface area (Å²) in [5.74, 6) is -1.36. The van der Waals surface area contributed by atoms with Gasteiger partial charge in [0.15, 0.2) is 6.61 Å². The molecule has 0 unspecified atom stereocenters. The van der Waals surface area contributed by atoms with Crippen LogP contribution in [0.4, 0.5) is 18.9 Å². The van der Waals surface area contributed by atoms with Gasteiger partial charge in [0, 0.05) is 5.69 Å². The van der Waals surface area contributed by atoms with Crippen LogP contribution in [0.25, 0.3) is 0 Å². The van der Waals surface area contributed by atoms with Crippen molar-refractivity contribution in [2.75, 3.05) is 11.9 Å². The minimum atomic E-state index is -4.46. The lowest BCUT2D eigenvalue weighted by Crippen LogP contribution is -2.21. The number of esters is 1. The molecule has 162 valence electrons. The number of nitrogens with one attached hydrogen (secondary N) is 1. The van der Waals surface area contributed by atoms with Gasteiger partial charge in [-0.1, -0.05) is 30.3 Å². The standard InChI is InChI=1S/C22H20F3N3O3/c1-14-20(15(2)28(27-14)12-16-6-4-3-5-7-16)21(30)31-13-19(29)26-18-10-8-17(9-11-18)22(23,24)25/h3-11H,12-13H2,1-2H3,(H,26,29). The van der Waals surface area contributed by atoms with Crippen molar-refractivity contribution in [2.24, 2.45) is 0 Å². The largest absolute Gasteiger partial charge is 0.452 e. The third kappa shape index (κ3) is 5.50. The number of nitrogens with zero attached hydrogens (tertiary/aromatic N) is 2. The van der Waals surface area contributed by atoms with Gasteiger partial charge in [-0.3, -0.25) is 9.48 Å². The van der Waals surface area contributed by atoms with Crippen molar-refractivity contribution in [3.05, 3.63) is 82.7 Å². The topological polar surface area (TPSA) is 73.2 Å². The zero-order valence-corrected chi connectivity index (χ0v) is 16.9. The minimum absolute atomic E-state index is 0.164. The zero-order valence-electron chi connectivity index (χ0n) is 16.9. The SMILES string of the molecule is Cc1nn(Cc2ccccc2)c(C)c1C(=O)OCC(=O)Nc1ccc(C(F)(F)F)cc1. The monoisotopic (exact) mass is 431 g/mol. The first-order valence-electron chi connectivity index (χ1n) is 9.37. The van der Waals surface area contributed by atoms with E-state index in [9.17, 15) is 22.8 Å². The lowest BCUT2D eigenvalue weighted by atomic mass is 10.2. The first kappa shape index (κ1) is 22.1. The van der Waals surface area contributed by atoms with Crippen molar-refractivity contribution in [1.29, 1.82) is 0 Å². The lowest BCUT2D eigenvalue weighted by Gasteiger charge is -2.09. The van der Waals surface area contributed by atoms with Gasteiger partial charge in [0.2, 0.25) is 0 Å². The first-order valence-corrected chi connectivity index (χ1v) is 9.37. The number of aryl methyl sites for hydroxylation is 1. The van der Waals surface area contributed by atoms with Crippen LogP contribution in [0.2, 0.25) is 0 Å². The van der Waals surface area contributed by atoms with Crippen LogP contribution in [0.3, 0.4) is 0 Å². The first-order chi connectivity index (χ1) is 14.6. The van der Waals surface area contributed by atoms with Gasteiger partial charge in [-0.25, -0.2) is 4.79 Å². The van der Waals surface area contributed by atoms with E-state index in [0.717, 1.165) is 29.8 Å². The van der Waals surface area contributed by atoms with Crippen molar-refractivity contribution >= 4 is 17.6 Å². The number of hydrogen-bond donors (Lipinski definition) is 1. The van der Waals surface area contributed by atoms with Crippen molar-refractivity contribution in [3.63, 3.8) is 0 Å². The number of benzene rings is 2. The van der Waals surface area contributed by atoms with E-state index in [-0.39, 0.29) is 11.3 Å². The summed E-state index contributed by atoms with van der Waals surface area (Å²) in [5, 5.41) is 6.76. The van der Waals surface area contributed by atoms with Crippen molar-refractivity contribution in [2.45, 2.75) is 26.6 Å². The maximum Gasteiger partial charge on any atom is 0.416 e. The van der Waals surface area contributed by atoms with Gasteiger partial charge >= 0.3 is 12.1 Å². The van der Waals surface area contributed by atoms with Crippen LogP contribution in [0, 0.1) is 13.8 Å². The number of carbonyl (C=O) groups excluding carboxylic acids is 2. The van der Waals surface area contributed by atoms with Crippen LogP contribution in [0.15, 0.2) is 54.6 Å². The minimum Gasteiger partial charge on any atom is -0.452 e. The van der Waals surface area contributed by atoms with E-state index in [0.29, 0.717) is 17.9 Å². The molecule has 31 heavy (non-hydrogen) atoms. The Morgan fingerprint density at radius 1 is 1.03 bits per heavy atom. The molecule has 0 aliphatic heterocycles. The highest BCUT2D eigenvalue weighted by Gasteiger charge is 2.30. The third-order valence-corrected chi connectivity index (χ3v) is 4.59. The molecule has 0 aliphatic carbocycles. The molecule has 2 aromatic carbocycles. The molecule has 0 radical (unpaired) electrons. The fraction of sp³-hybridized carbons (Fsp3) is 0.227. The molecule has 1 N–H and O–H groups in total. The number of ether oxygens (including phenoxy) is 1. The number of aromatic nitrogens is 2. The predicted octanol–water partition coefficient (Wildman–Crippen LogP) is 4.36. The number of rotatable bonds is 6. The fourth-order valence-electron chi connectivity index (χ4n) is 3.05. The van der Waals surface area contributed by atoms with E-state index < -0.39 is 30.2 Å². The number of anilines is 1. The third-order valence-electron chi connectivity index (χ3n) is 4.59. The van der Waals surface area contributed by atoms with Gasteiger partial charge in [-0.15, -0.1) is 0 Å². The highest BCUT2D eigenvalue weighted by molar-refractivity contribution is 5.96. The zero-order chi connectivity index (χ0) is 22.6. The molecular formula is C22H20F3N3O3. The number of amides is 1. The summed E-state index contributed by atoms with van der Waals surface area (Å²) in [6, 6.07) is 13.6. The molecule has 0 bridgehead atoms. The molecule has 0 atom stereocenters. The number of halogens is 3. The quantitative estimate of drug-likeness (QED) is 0.589. The molecule has 9 heteroatoms. The van der Waals surface area contributed by atoms with E-state index in [4.69, 9.17) is 4.74 Å². The summed E-state index contributed by atoms with van der Waals surface area (Å²) in [6.45, 7) is 3.31. The van der Waals surface area contributed by atoms with Crippen molar-refractivity contribution in [1.82, 2.24) is 9.78 Å². The molecule has 1 aromatic heterocycles. The van der Waals surface area contributed by atoms with E-state index >= 15 is 0 Å². The maximum atomic E-state index is 12.6. The average Bonchev–Trinajstić information content (AvgIpc) is 3.00. The van der Waals surface area contributed by atoms with Gasteiger partial charge in [-0.05, 0) is 43.7 Å². The highest BCUT2D eigenvalue weighted by Crippen LogP contribution is 2.29. The van der Waals surface area contributed by atoms with E-state index in [2.05, 4.69) is 10.4 Å². The molecule has 0 fully saturated rings. The van der Waals surface area contributed by atoms with Gasteiger partial charge in [-0.2, -0.15) is 18.3 Å². The molecule has 0 saturated carbocycles. The molecule has 0 spiro atoms. The van der Waals surface area contributed by atoms with Gasteiger partial charge in [0.1, 0.15) is 5.56 Å². The van der Waals surface area contributed by atoms with E-state index in [1.54, 1.807) is 18.5 Å². The van der Waals surface area contributed by atoms with Gasteiger partial charge in [0.05, 0.1) is 23.5 Å². The Morgan fingerprint density at radius 3 is 2.29 bits per heavy atom. The molecule has 1 heterocycles. The number of carbonyl (C=O) groups is 2. The Kier molecular flexibility index (Phi) is 6.43. The second-order valence-electron chi connectivity index (χ2n) is 6.89. The normalized spacial score (nSPS) is 11.3. The van der Waals surface area contributed by atoms with Crippen LogP contribution < -0.4 is 5.32 Å². The van der Waals surface area contributed by atoms with Crippen LogP contribution >= 0.6 is 0 Å². The molecular weight excluding hydrogens is 411 g/mol. The summed E-state index contributed by atoms with van der Waals surface area (Å²) in [5.41, 5.74) is 1.71. The van der Waals surface area contributed by atoms with Crippen molar-refractivity contribution in [3.8, 4) is 0 Å². The maximum absolute atomic E-state index is 12.6. The Morgan fingerprint density at radius 2 is 1.68 bits per heavy atom. The molecule has 0 aliphatic rings. The number of hydrogen-bond acceptors (Lipinski definition) is 4. The van der Waals surface area contributed by atoms with Crippen LogP contribution in [-0.2, 0) is 22.3 Å². The smallest absolute Gasteiger partial charge is 0.416 e. The fourth-order valence-corrected chi connectivity index (χ4v) is 3.05. The van der Waals surface area contributed by atoms with E-state index in [1.807, 2.05) is 30.3 Å². The lowest BCUT2D eigenvalue weighted by molar-refractivity contribution is -0.137. The van der Waals surface area contributed by atoms with Gasteiger partial charge < -0.3 is 10.1 Å². The molecule has 1 amide bonds. The summed E-state index contributed by atoms with van der Waals surface area (Å²) in [7, 11) is 0. The molecule has 3 aromatic rings. The van der Waals surface area contributed by atoms with Crippen LogP contribution in [0.1, 0.15) is 32.9 Å². The highest BCUT2D eigenvalue weighted by atomic mass is 19.4. The Hall–Kier alpha value is -3.62. The van der Waals surface area contributed by atoms with E-state index in [1.165, 1.54) is 0 Å². The Balaban J connectivity index is 1.60. The average molecular weight is 431 g/mol. The molecule has 3 rings (SSSR count).